The quantitative estimate of drug-likeness (QED) is 0.401. The number of anilines is 2. The minimum absolute atomic E-state index is 0.0385. The number of hydroxylamine groups is 1. The van der Waals surface area contributed by atoms with E-state index in [4.69, 9.17) is 4.84 Å². The summed E-state index contributed by atoms with van der Waals surface area (Å²) in [4.78, 5) is 37.2. The first-order chi connectivity index (χ1) is 14.2. The molecule has 0 aromatic carbocycles. The Morgan fingerprint density at radius 3 is 2.60 bits per heavy atom. The standard InChI is InChI=1S/C17H21F3N6O3S/c1-4-5-8-25-11-12(22-15(30-3)23(2)13(11)27)26(29-14(28)17(18,19)20)16(25)24-9-6-21-7-10-24/h16,21H,6-10H2,1-3H3. The van der Waals surface area contributed by atoms with Crippen molar-refractivity contribution < 1.29 is 22.8 Å². The minimum Gasteiger partial charge on any atom is -0.327 e. The lowest BCUT2D eigenvalue weighted by atomic mass is 10.3. The number of hydrogen-bond donors (Lipinski definition) is 1. The zero-order valence-electron chi connectivity index (χ0n) is 16.6. The molecule has 0 aliphatic carbocycles. The van der Waals surface area contributed by atoms with Crippen molar-refractivity contribution in [1.82, 2.24) is 19.8 Å². The average molecular weight is 446 g/mol. The number of carbonyl (C=O) groups excluding carboxylic acids is 1. The summed E-state index contributed by atoms with van der Waals surface area (Å²) in [6.45, 7) is 3.76. The molecule has 1 aromatic rings. The maximum atomic E-state index is 13.1. The van der Waals surface area contributed by atoms with Gasteiger partial charge in [-0.15, -0.1) is 11.0 Å². The van der Waals surface area contributed by atoms with Crippen molar-refractivity contribution in [2.24, 2.45) is 7.05 Å². The largest absolute Gasteiger partial charge is 0.493 e. The second-order valence-corrected chi connectivity index (χ2v) is 7.30. The molecule has 1 N–H and O–H groups in total. The number of fused-ring (bicyclic) bond motifs is 1. The molecule has 30 heavy (non-hydrogen) atoms. The van der Waals surface area contributed by atoms with E-state index in [0.29, 0.717) is 26.2 Å². The molecule has 0 spiro atoms. The smallest absolute Gasteiger partial charge is 0.327 e. The van der Waals surface area contributed by atoms with Gasteiger partial charge in [-0.1, -0.05) is 17.7 Å². The molecule has 3 heterocycles. The summed E-state index contributed by atoms with van der Waals surface area (Å²) in [6.07, 6.45) is -4.50. The summed E-state index contributed by atoms with van der Waals surface area (Å²) >= 11 is 1.15. The summed E-state index contributed by atoms with van der Waals surface area (Å²) in [5.74, 6) is 3.04. The van der Waals surface area contributed by atoms with Crippen LogP contribution in [-0.2, 0) is 16.7 Å². The van der Waals surface area contributed by atoms with Crippen molar-refractivity contribution >= 4 is 29.2 Å². The molecule has 0 bridgehead atoms. The Morgan fingerprint density at radius 1 is 1.37 bits per heavy atom. The molecule has 0 radical (unpaired) electrons. The van der Waals surface area contributed by atoms with Crippen LogP contribution in [0.25, 0.3) is 0 Å². The van der Waals surface area contributed by atoms with Crippen LogP contribution in [-0.4, -0.2) is 71.9 Å². The molecular weight excluding hydrogens is 425 g/mol. The number of carbonyl (C=O) groups is 1. The van der Waals surface area contributed by atoms with E-state index in [2.05, 4.69) is 22.1 Å². The lowest BCUT2D eigenvalue weighted by Crippen LogP contribution is -2.61. The number of alkyl halides is 3. The highest BCUT2D eigenvalue weighted by atomic mass is 32.2. The summed E-state index contributed by atoms with van der Waals surface area (Å²) in [6, 6.07) is 0. The molecule has 1 aromatic heterocycles. The molecule has 1 saturated heterocycles. The molecule has 1 unspecified atom stereocenters. The van der Waals surface area contributed by atoms with Crippen LogP contribution in [0.5, 0.6) is 0 Å². The Labute approximate surface area is 175 Å². The van der Waals surface area contributed by atoms with Crippen LogP contribution >= 0.6 is 11.8 Å². The SMILES string of the molecule is CC#CCN1c2c(nc(SC)n(C)c2=O)N(OC(=O)C(F)(F)F)C1N1CCNCC1. The number of aromatic nitrogens is 2. The maximum Gasteiger partial charge on any atom is 0.493 e. The van der Waals surface area contributed by atoms with Gasteiger partial charge < -0.3 is 15.1 Å². The molecule has 0 amide bonds. The van der Waals surface area contributed by atoms with Crippen LogP contribution in [0.1, 0.15) is 6.92 Å². The van der Waals surface area contributed by atoms with Crippen molar-refractivity contribution in [1.29, 1.82) is 0 Å². The normalized spacial score (nSPS) is 19.3. The van der Waals surface area contributed by atoms with Crippen molar-refractivity contribution in [3.8, 4) is 11.8 Å². The van der Waals surface area contributed by atoms with E-state index < -0.39 is 24.0 Å². The monoisotopic (exact) mass is 446 g/mol. The number of halogens is 3. The Bertz CT molecular complexity index is 936. The molecule has 1 atom stereocenters. The van der Waals surface area contributed by atoms with E-state index in [0.717, 1.165) is 16.8 Å². The maximum absolute atomic E-state index is 13.1. The highest BCUT2D eigenvalue weighted by molar-refractivity contribution is 7.98. The second kappa shape index (κ2) is 8.75. The van der Waals surface area contributed by atoms with Crippen LogP contribution < -0.4 is 20.8 Å². The Kier molecular flexibility index (Phi) is 6.49. The topological polar surface area (TPSA) is 82.9 Å². The first-order valence-electron chi connectivity index (χ1n) is 9.05. The fourth-order valence-corrected chi connectivity index (χ4v) is 3.85. The molecule has 164 valence electrons. The van der Waals surface area contributed by atoms with Gasteiger partial charge in [0.15, 0.2) is 23.0 Å². The van der Waals surface area contributed by atoms with Crippen molar-refractivity contribution in [3.63, 3.8) is 0 Å². The third-order valence-corrected chi connectivity index (χ3v) is 5.42. The van der Waals surface area contributed by atoms with Gasteiger partial charge in [0, 0.05) is 33.2 Å². The number of nitrogens with zero attached hydrogens (tertiary/aromatic N) is 5. The predicted molar refractivity (Wildman–Crippen MR) is 105 cm³/mol. The Morgan fingerprint density at radius 2 is 2.03 bits per heavy atom. The lowest BCUT2D eigenvalue weighted by Gasteiger charge is -2.40. The van der Waals surface area contributed by atoms with Gasteiger partial charge in [-0.2, -0.15) is 13.2 Å². The Hall–Kier alpha value is -2.43. The van der Waals surface area contributed by atoms with E-state index in [9.17, 15) is 22.8 Å². The predicted octanol–water partition coefficient (Wildman–Crippen LogP) is 0.361. The Balaban J connectivity index is 2.17. The molecule has 2 aliphatic heterocycles. The fraction of sp³-hybridized carbons (Fsp3) is 0.588. The number of nitrogens with one attached hydrogen (secondary N) is 1. The van der Waals surface area contributed by atoms with Crippen LogP contribution in [0.2, 0.25) is 0 Å². The van der Waals surface area contributed by atoms with Crippen molar-refractivity contribution in [2.45, 2.75) is 24.5 Å². The highest BCUT2D eigenvalue weighted by Crippen LogP contribution is 2.38. The zero-order valence-corrected chi connectivity index (χ0v) is 17.4. The lowest BCUT2D eigenvalue weighted by molar-refractivity contribution is -0.203. The van der Waals surface area contributed by atoms with Crippen molar-refractivity contribution in [3.05, 3.63) is 10.4 Å². The van der Waals surface area contributed by atoms with E-state index in [1.165, 1.54) is 16.5 Å². The van der Waals surface area contributed by atoms with Gasteiger partial charge in [0.25, 0.3) is 5.56 Å². The van der Waals surface area contributed by atoms with Crippen molar-refractivity contribution in [2.75, 3.05) is 48.9 Å². The van der Waals surface area contributed by atoms with E-state index in [1.807, 2.05) is 4.90 Å². The second-order valence-electron chi connectivity index (χ2n) is 6.52. The van der Waals surface area contributed by atoms with Gasteiger partial charge in [0.1, 0.15) is 0 Å². The summed E-state index contributed by atoms with van der Waals surface area (Å²) < 4.78 is 40.3. The highest BCUT2D eigenvalue weighted by Gasteiger charge is 2.50. The third-order valence-electron chi connectivity index (χ3n) is 4.69. The minimum atomic E-state index is -5.20. The van der Waals surface area contributed by atoms with Gasteiger partial charge in [-0.3, -0.25) is 14.3 Å². The third kappa shape index (κ3) is 4.07. The number of piperazine rings is 1. The number of thioether (sulfide) groups is 1. The zero-order chi connectivity index (χ0) is 22.1. The average Bonchev–Trinajstić information content (AvgIpc) is 3.02. The molecule has 2 aliphatic rings. The molecule has 13 heteroatoms. The summed E-state index contributed by atoms with van der Waals surface area (Å²) in [5.41, 5.74) is -0.426. The van der Waals surface area contributed by atoms with Gasteiger partial charge in [-0.05, 0) is 13.2 Å². The number of rotatable bonds is 4. The molecule has 3 rings (SSSR count). The fourth-order valence-electron chi connectivity index (χ4n) is 3.31. The van der Waals surface area contributed by atoms with Gasteiger partial charge in [-0.25, -0.2) is 9.78 Å². The first kappa shape index (κ1) is 22.3. The van der Waals surface area contributed by atoms with Crippen LogP contribution in [0.4, 0.5) is 24.7 Å². The molecule has 1 fully saturated rings. The van der Waals surface area contributed by atoms with Gasteiger partial charge in [0.2, 0.25) is 0 Å². The van der Waals surface area contributed by atoms with E-state index >= 15 is 0 Å². The van der Waals surface area contributed by atoms with Crippen LogP contribution in [0.15, 0.2) is 9.95 Å². The van der Waals surface area contributed by atoms with Gasteiger partial charge >= 0.3 is 12.1 Å². The molecular formula is C17H21F3N6O3S. The van der Waals surface area contributed by atoms with Crippen LogP contribution in [0.3, 0.4) is 0 Å². The number of hydrogen-bond acceptors (Lipinski definition) is 9. The molecule has 0 saturated carbocycles. The van der Waals surface area contributed by atoms with E-state index in [1.54, 1.807) is 13.2 Å². The first-order valence-corrected chi connectivity index (χ1v) is 10.3. The van der Waals surface area contributed by atoms with Gasteiger partial charge in [0.05, 0.1) is 6.54 Å². The van der Waals surface area contributed by atoms with E-state index in [-0.39, 0.29) is 23.2 Å². The molecule has 9 nitrogen and oxygen atoms in total. The summed E-state index contributed by atoms with van der Waals surface area (Å²) in [5, 5.41) is 4.22. The van der Waals surface area contributed by atoms with Crippen LogP contribution in [0, 0.1) is 11.8 Å². The summed E-state index contributed by atoms with van der Waals surface area (Å²) in [7, 11) is 1.52.